The molecule has 2 aromatic rings. The summed E-state index contributed by atoms with van der Waals surface area (Å²) in [6.07, 6.45) is 1.12. The predicted molar refractivity (Wildman–Crippen MR) is 111 cm³/mol. The van der Waals surface area contributed by atoms with Crippen LogP contribution in [0.25, 0.3) is 0 Å². The number of hydrogen-bond acceptors (Lipinski definition) is 4. The van der Waals surface area contributed by atoms with E-state index in [1.54, 1.807) is 0 Å². The summed E-state index contributed by atoms with van der Waals surface area (Å²) in [5, 5.41) is 6.99. The van der Waals surface area contributed by atoms with Gasteiger partial charge in [0.25, 0.3) is 5.91 Å². The van der Waals surface area contributed by atoms with E-state index in [0.29, 0.717) is 32.5 Å². The minimum absolute atomic E-state index is 0.0237. The van der Waals surface area contributed by atoms with E-state index in [-0.39, 0.29) is 11.8 Å². The van der Waals surface area contributed by atoms with E-state index in [1.165, 1.54) is 4.90 Å². The van der Waals surface area contributed by atoms with Crippen molar-refractivity contribution in [2.45, 2.75) is 40.5 Å². The SMILES string of the molecule is Cc1cccc(C)c1NC(=O)C[NH+]1CCN(C(=O)CCc2c(C)noc2C)CC1. The lowest BCUT2D eigenvalue weighted by molar-refractivity contribution is -0.895. The van der Waals surface area contributed by atoms with E-state index >= 15 is 0 Å². The highest BCUT2D eigenvalue weighted by Gasteiger charge is 2.25. The molecule has 0 spiro atoms. The maximum Gasteiger partial charge on any atom is 0.279 e. The molecule has 1 aromatic carbocycles. The van der Waals surface area contributed by atoms with Gasteiger partial charge in [-0.15, -0.1) is 0 Å². The second-order valence-corrected chi connectivity index (χ2v) is 7.93. The average Bonchev–Trinajstić information content (AvgIpc) is 3.01. The Morgan fingerprint density at radius 3 is 2.38 bits per heavy atom. The van der Waals surface area contributed by atoms with Crippen LogP contribution >= 0.6 is 0 Å². The van der Waals surface area contributed by atoms with Gasteiger partial charge in [-0.05, 0) is 45.2 Å². The van der Waals surface area contributed by atoms with Crippen molar-refractivity contribution in [2.75, 3.05) is 38.0 Å². The van der Waals surface area contributed by atoms with Gasteiger partial charge in [-0.1, -0.05) is 23.4 Å². The largest absolute Gasteiger partial charge is 0.361 e. The van der Waals surface area contributed by atoms with Gasteiger partial charge in [0.1, 0.15) is 5.76 Å². The van der Waals surface area contributed by atoms with Crippen LogP contribution in [0.4, 0.5) is 5.69 Å². The van der Waals surface area contributed by atoms with E-state index < -0.39 is 0 Å². The van der Waals surface area contributed by atoms with Crippen molar-refractivity contribution in [1.82, 2.24) is 10.1 Å². The Morgan fingerprint density at radius 1 is 1.14 bits per heavy atom. The standard InChI is InChI=1S/C22H30N4O3/c1-15-6-5-7-16(2)22(15)23-20(27)14-25-10-12-26(13-11-25)21(28)9-8-19-17(3)24-29-18(19)4/h5-7H,8-14H2,1-4H3,(H,23,27)/p+1. The molecule has 0 unspecified atom stereocenters. The van der Waals surface area contributed by atoms with E-state index in [4.69, 9.17) is 4.52 Å². The molecule has 0 radical (unpaired) electrons. The van der Waals surface area contributed by atoms with Gasteiger partial charge in [0, 0.05) is 17.7 Å². The molecule has 2 heterocycles. The first kappa shape index (κ1) is 21.0. The van der Waals surface area contributed by atoms with E-state index in [9.17, 15) is 9.59 Å². The highest BCUT2D eigenvalue weighted by atomic mass is 16.5. The summed E-state index contributed by atoms with van der Waals surface area (Å²) in [6.45, 7) is 11.2. The number of nitrogens with one attached hydrogen (secondary N) is 2. The number of benzene rings is 1. The number of piperazine rings is 1. The zero-order valence-corrected chi connectivity index (χ0v) is 17.8. The Hall–Kier alpha value is -2.67. The van der Waals surface area contributed by atoms with Gasteiger partial charge < -0.3 is 19.6 Å². The number of quaternary nitrogens is 1. The fourth-order valence-corrected chi connectivity index (χ4v) is 3.92. The number of aryl methyl sites for hydroxylation is 4. The molecule has 3 rings (SSSR count). The average molecular weight is 400 g/mol. The van der Waals surface area contributed by atoms with Crippen LogP contribution in [-0.2, 0) is 16.0 Å². The normalized spacial score (nSPS) is 14.8. The van der Waals surface area contributed by atoms with Gasteiger partial charge in [0.2, 0.25) is 5.91 Å². The number of hydrogen-bond donors (Lipinski definition) is 2. The summed E-state index contributed by atoms with van der Waals surface area (Å²) in [5.74, 6) is 0.971. The summed E-state index contributed by atoms with van der Waals surface area (Å²) in [5.41, 5.74) is 4.94. The first-order valence-electron chi connectivity index (χ1n) is 10.2. The molecular formula is C22H31N4O3+. The van der Waals surface area contributed by atoms with Crippen molar-refractivity contribution in [3.63, 3.8) is 0 Å². The van der Waals surface area contributed by atoms with Gasteiger partial charge in [0.05, 0.1) is 31.9 Å². The minimum atomic E-state index is 0.0237. The van der Waals surface area contributed by atoms with Gasteiger partial charge in [-0.2, -0.15) is 0 Å². The molecule has 1 aliphatic rings. The maximum absolute atomic E-state index is 12.5. The third kappa shape index (κ3) is 5.23. The lowest BCUT2D eigenvalue weighted by Crippen LogP contribution is -3.15. The van der Waals surface area contributed by atoms with Crippen molar-refractivity contribution in [3.05, 3.63) is 46.3 Å². The summed E-state index contributed by atoms with van der Waals surface area (Å²) in [4.78, 5) is 28.1. The predicted octanol–water partition coefficient (Wildman–Crippen LogP) is 1.21. The highest BCUT2D eigenvalue weighted by molar-refractivity contribution is 5.93. The van der Waals surface area contributed by atoms with Crippen LogP contribution in [-0.4, -0.2) is 54.6 Å². The summed E-state index contributed by atoms with van der Waals surface area (Å²) < 4.78 is 5.17. The third-order valence-electron chi connectivity index (χ3n) is 5.75. The maximum atomic E-state index is 12.5. The first-order valence-corrected chi connectivity index (χ1v) is 10.2. The van der Waals surface area contributed by atoms with Crippen LogP contribution in [0.5, 0.6) is 0 Å². The van der Waals surface area contributed by atoms with Crippen LogP contribution in [0.1, 0.15) is 34.6 Å². The molecule has 156 valence electrons. The fourth-order valence-electron chi connectivity index (χ4n) is 3.92. The lowest BCUT2D eigenvalue weighted by atomic mass is 10.1. The Balaban J connectivity index is 1.44. The summed E-state index contributed by atoms with van der Waals surface area (Å²) >= 11 is 0. The molecule has 29 heavy (non-hydrogen) atoms. The number of carbonyl (C=O) groups excluding carboxylic acids is 2. The van der Waals surface area contributed by atoms with Crippen molar-refractivity contribution >= 4 is 17.5 Å². The molecule has 0 bridgehead atoms. The van der Waals surface area contributed by atoms with Gasteiger partial charge in [-0.3, -0.25) is 9.59 Å². The number of carbonyl (C=O) groups is 2. The van der Waals surface area contributed by atoms with E-state index in [1.807, 2.05) is 50.8 Å². The molecule has 2 N–H and O–H groups in total. The molecule has 1 aliphatic heterocycles. The molecule has 0 aliphatic carbocycles. The smallest absolute Gasteiger partial charge is 0.279 e. The molecule has 1 saturated heterocycles. The number of nitrogens with zero attached hydrogens (tertiary/aromatic N) is 2. The molecular weight excluding hydrogens is 368 g/mol. The minimum Gasteiger partial charge on any atom is -0.361 e. The Kier molecular flexibility index (Phi) is 6.69. The van der Waals surface area contributed by atoms with Crippen LogP contribution in [0.2, 0.25) is 0 Å². The van der Waals surface area contributed by atoms with Crippen molar-refractivity contribution < 1.29 is 19.0 Å². The number of aromatic nitrogens is 1. The second kappa shape index (κ2) is 9.22. The lowest BCUT2D eigenvalue weighted by Gasteiger charge is -2.32. The Labute approximate surface area is 172 Å². The van der Waals surface area contributed by atoms with E-state index in [2.05, 4.69) is 10.5 Å². The third-order valence-corrected chi connectivity index (χ3v) is 5.75. The number of amides is 2. The molecule has 7 heteroatoms. The summed E-state index contributed by atoms with van der Waals surface area (Å²) in [7, 11) is 0. The molecule has 2 amide bonds. The number of rotatable bonds is 6. The zero-order valence-electron chi connectivity index (χ0n) is 17.8. The van der Waals surface area contributed by atoms with Gasteiger partial charge in [-0.25, -0.2) is 0 Å². The number of para-hydroxylation sites is 1. The van der Waals surface area contributed by atoms with Gasteiger partial charge >= 0.3 is 0 Å². The topological polar surface area (TPSA) is 79.9 Å². The zero-order chi connectivity index (χ0) is 21.0. The fraction of sp³-hybridized carbons (Fsp3) is 0.500. The molecule has 0 saturated carbocycles. The van der Waals surface area contributed by atoms with Crippen LogP contribution in [0.3, 0.4) is 0 Å². The van der Waals surface area contributed by atoms with Crippen LogP contribution < -0.4 is 10.2 Å². The van der Waals surface area contributed by atoms with Crippen molar-refractivity contribution in [1.29, 1.82) is 0 Å². The highest BCUT2D eigenvalue weighted by Crippen LogP contribution is 2.19. The van der Waals surface area contributed by atoms with Crippen molar-refractivity contribution in [3.8, 4) is 0 Å². The quantitative estimate of drug-likeness (QED) is 0.765. The molecule has 1 fully saturated rings. The Morgan fingerprint density at radius 2 is 1.79 bits per heavy atom. The van der Waals surface area contributed by atoms with Gasteiger partial charge in [0.15, 0.2) is 6.54 Å². The molecule has 1 aromatic heterocycles. The van der Waals surface area contributed by atoms with E-state index in [0.717, 1.165) is 46.9 Å². The number of anilines is 1. The van der Waals surface area contributed by atoms with Crippen LogP contribution in [0, 0.1) is 27.7 Å². The van der Waals surface area contributed by atoms with Crippen molar-refractivity contribution in [2.24, 2.45) is 0 Å². The first-order chi connectivity index (χ1) is 13.8. The molecule has 0 atom stereocenters. The monoisotopic (exact) mass is 399 g/mol. The second-order valence-electron chi connectivity index (χ2n) is 7.93. The van der Waals surface area contributed by atoms with Crippen LogP contribution in [0.15, 0.2) is 22.7 Å². The summed E-state index contributed by atoms with van der Waals surface area (Å²) in [6, 6.07) is 6.00. The Bertz CT molecular complexity index is 842. The molecule has 7 nitrogen and oxygen atoms in total.